The van der Waals surface area contributed by atoms with Crippen LogP contribution in [0.25, 0.3) is 0 Å². The van der Waals surface area contributed by atoms with Gasteiger partial charge in [-0.25, -0.2) is 0 Å². The summed E-state index contributed by atoms with van der Waals surface area (Å²) in [5.74, 6) is -0.335. The molecule has 0 atom stereocenters. The Hall–Kier alpha value is -1.63. The van der Waals surface area contributed by atoms with Gasteiger partial charge in [0.05, 0.1) is 18.5 Å². The molecule has 1 aromatic carbocycles. The summed E-state index contributed by atoms with van der Waals surface area (Å²) < 4.78 is 5.22. The van der Waals surface area contributed by atoms with Crippen molar-refractivity contribution in [3.8, 4) is 0 Å². The number of nitro groups is 1. The molecule has 0 aromatic heterocycles. The number of halogens is 1. The highest BCUT2D eigenvalue weighted by molar-refractivity contribution is 9.10. The van der Waals surface area contributed by atoms with Crippen molar-refractivity contribution in [3.05, 3.63) is 32.8 Å². The second-order valence-electron chi connectivity index (χ2n) is 3.80. The van der Waals surface area contributed by atoms with Crippen molar-refractivity contribution in [2.24, 2.45) is 0 Å². The van der Waals surface area contributed by atoms with E-state index in [-0.39, 0.29) is 18.1 Å². The maximum atomic E-state index is 11.1. The van der Waals surface area contributed by atoms with Crippen molar-refractivity contribution in [3.63, 3.8) is 0 Å². The molecule has 0 heterocycles. The number of carbonyl (C=O) groups excluding carboxylic acids is 1. The van der Waals surface area contributed by atoms with Crippen molar-refractivity contribution in [1.82, 2.24) is 0 Å². The van der Waals surface area contributed by atoms with Gasteiger partial charge in [0.15, 0.2) is 0 Å². The zero-order valence-corrected chi connectivity index (χ0v) is 12.3. The summed E-state index contributed by atoms with van der Waals surface area (Å²) in [6.45, 7) is 2.83. The van der Waals surface area contributed by atoms with Crippen LogP contribution in [-0.2, 0) is 9.53 Å². The average molecular weight is 331 g/mol. The predicted molar refractivity (Wildman–Crippen MR) is 75.3 cm³/mol. The SMILES string of the molecule is CCN(CCC(=O)OC)c1ccc(Br)cc1[N+](=O)[O-]. The lowest BCUT2D eigenvalue weighted by molar-refractivity contribution is -0.384. The summed E-state index contributed by atoms with van der Waals surface area (Å²) in [4.78, 5) is 23.6. The Morgan fingerprint density at radius 3 is 2.74 bits per heavy atom. The number of hydrogen-bond acceptors (Lipinski definition) is 5. The van der Waals surface area contributed by atoms with Crippen molar-refractivity contribution < 1.29 is 14.5 Å². The minimum atomic E-state index is -0.430. The lowest BCUT2D eigenvalue weighted by atomic mass is 10.2. The van der Waals surface area contributed by atoms with Crippen LogP contribution in [0.4, 0.5) is 11.4 Å². The first-order valence-corrected chi connectivity index (χ1v) is 6.54. The van der Waals surface area contributed by atoms with Gasteiger partial charge < -0.3 is 9.64 Å². The molecule has 0 aliphatic carbocycles. The Morgan fingerprint density at radius 2 is 2.21 bits per heavy atom. The summed E-state index contributed by atoms with van der Waals surface area (Å²) >= 11 is 3.21. The van der Waals surface area contributed by atoms with Gasteiger partial charge in [0.2, 0.25) is 0 Å². The van der Waals surface area contributed by atoms with Crippen molar-refractivity contribution in [2.45, 2.75) is 13.3 Å². The first-order chi connectivity index (χ1) is 8.99. The molecule has 6 nitrogen and oxygen atoms in total. The minimum absolute atomic E-state index is 0.0149. The number of esters is 1. The average Bonchev–Trinajstić information content (AvgIpc) is 2.40. The van der Waals surface area contributed by atoms with Gasteiger partial charge in [0.25, 0.3) is 5.69 Å². The number of nitro benzene ring substituents is 1. The summed E-state index contributed by atoms with van der Waals surface area (Å²) in [6, 6.07) is 4.86. The van der Waals surface area contributed by atoms with Gasteiger partial charge >= 0.3 is 5.97 Å². The van der Waals surface area contributed by atoms with Gasteiger partial charge in [-0.3, -0.25) is 14.9 Å². The lowest BCUT2D eigenvalue weighted by Crippen LogP contribution is -2.26. The van der Waals surface area contributed by atoms with Gasteiger partial charge in [-0.1, -0.05) is 15.9 Å². The van der Waals surface area contributed by atoms with Crippen LogP contribution in [0.3, 0.4) is 0 Å². The molecule has 104 valence electrons. The van der Waals surface area contributed by atoms with E-state index in [0.717, 1.165) is 0 Å². The number of ether oxygens (including phenoxy) is 1. The van der Waals surface area contributed by atoms with Crippen LogP contribution in [-0.4, -0.2) is 31.1 Å². The van der Waals surface area contributed by atoms with E-state index in [4.69, 9.17) is 0 Å². The van der Waals surface area contributed by atoms with E-state index in [1.165, 1.54) is 13.2 Å². The fraction of sp³-hybridized carbons (Fsp3) is 0.417. The Labute approximate surface area is 119 Å². The summed E-state index contributed by atoms with van der Waals surface area (Å²) in [5, 5.41) is 11.1. The maximum Gasteiger partial charge on any atom is 0.307 e. The van der Waals surface area contributed by atoms with Gasteiger partial charge in [-0.15, -0.1) is 0 Å². The third-order valence-electron chi connectivity index (χ3n) is 2.67. The summed E-state index contributed by atoms with van der Waals surface area (Å²) in [7, 11) is 1.32. The van der Waals surface area contributed by atoms with E-state index >= 15 is 0 Å². The van der Waals surface area contributed by atoms with E-state index in [0.29, 0.717) is 23.2 Å². The Balaban J connectivity index is 2.97. The highest BCUT2D eigenvalue weighted by Crippen LogP contribution is 2.31. The van der Waals surface area contributed by atoms with Crippen LogP contribution in [0.15, 0.2) is 22.7 Å². The van der Waals surface area contributed by atoms with Crippen molar-refractivity contribution in [2.75, 3.05) is 25.1 Å². The summed E-state index contributed by atoms with van der Waals surface area (Å²) in [6.07, 6.45) is 0.192. The standard InChI is InChI=1S/C12H15BrN2O4/c1-3-14(7-6-12(16)19-2)10-5-4-9(13)8-11(10)15(17)18/h4-5,8H,3,6-7H2,1-2H3. The number of hydrogen-bond donors (Lipinski definition) is 0. The molecule has 19 heavy (non-hydrogen) atoms. The number of benzene rings is 1. The van der Waals surface area contributed by atoms with E-state index in [1.807, 2.05) is 6.92 Å². The quantitative estimate of drug-likeness (QED) is 0.455. The Morgan fingerprint density at radius 1 is 1.53 bits per heavy atom. The molecule has 0 unspecified atom stereocenters. The van der Waals surface area contributed by atoms with Crippen LogP contribution in [0.1, 0.15) is 13.3 Å². The molecule has 0 spiro atoms. The molecule has 1 rings (SSSR count). The van der Waals surface area contributed by atoms with Gasteiger partial charge in [-0.2, -0.15) is 0 Å². The van der Waals surface area contributed by atoms with Gasteiger partial charge in [0, 0.05) is 23.6 Å². The fourth-order valence-electron chi connectivity index (χ4n) is 1.69. The first kappa shape index (κ1) is 15.4. The summed E-state index contributed by atoms with van der Waals surface area (Å²) in [5.41, 5.74) is 0.515. The lowest BCUT2D eigenvalue weighted by Gasteiger charge is -2.22. The van der Waals surface area contributed by atoms with Crippen LogP contribution in [0.2, 0.25) is 0 Å². The smallest absolute Gasteiger partial charge is 0.307 e. The molecule has 0 bridgehead atoms. The fourth-order valence-corrected chi connectivity index (χ4v) is 2.04. The van der Waals surface area contributed by atoms with E-state index in [9.17, 15) is 14.9 Å². The highest BCUT2D eigenvalue weighted by atomic mass is 79.9. The second-order valence-corrected chi connectivity index (χ2v) is 4.71. The largest absolute Gasteiger partial charge is 0.469 e. The molecule has 1 aromatic rings. The number of carbonyl (C=O) groups is 1. The Bertz CT molecular complexity index is 479. The molecule has 0 saturated carbocycles. The van der Waals surface area contributed by atoms with Crippen LogP contribution >= 0.6 is 15.9 Å². The zero-order chi connectivity index (χ0) is 14.4. The molecule has 0 aliphatic heterocycles. The molecule has 0 fully saturated rings. The minimum Gasteiger partial charge on any atom is -0.469 e. The van der Waals surface area contributed by atoms with Crippen LogP contribution < -0.4 is 4.90 Å². The first-order valence-electron chi connectivity index (χ1n) is 5.75. The molecule has 0 amide bonds. The molecule has 0 aliphatic rings. The normalized spacial score (nSPS) is 10.1. The van der Waals surface area contributed by atoms with Crippen molar-refractivity contribution in [1.29, 1.82) is 0 Å². The van der Waals surface area contributed by atoms with Crippen LogP contribution in [0, 0.1) is 10.1 Å². The van der Waals surface area contributed by atoms with E-state index in [1.54, 1.807) is 17.0 Å². The van der Waals surface area contributed by atoms with E-state index < -0.39 is 4.92 Å². The molecular formula is C12H15BrN2O4. The zero-order valence-electron chi connectivity index (χ0n) is 10.8. The van der Waals surface area contributed by atoms with E-state index in [2.05, 4.69) is 20.7 Å². The van der Waals surface area contributed by atoms with Crippen LogP contribution in [0.5, 0.6) is 0 Å². The second kappa shape index (κ2) is 7.08. The maximum absolute atomic E-state index is 11.1. The highest BCUT2D eigenvalue weighted by Gasteiger charge is 2.19. The molecule has 7 heteroatoms. The number of anilines is 1. The molecule has 0 saturated heterocycles. The third-order valence-corrected chi connectivity index (χ3v) is 3.16. The number of nitrogens with zero attached hydrogens (tertiary/aromatic N) is 2. The molecular weight excluding hydrogens is 316 g/mol. The van der Waals surface area contributed by atoms with Gasteiger partial charge in [-0.05, 0) is 19.1 Å². The monoisotopic (exact) mass is 330 g/mol. The van der Waals surface area contributed by atoms with Gasteiger partial charge in [0.1, 0.15) is 5.69 Å². The predicted octanol–water partition coefficient (Wildman–Crippen LogP) is 2.75. The molecule has 0 N–H and O–H groups in total. The van der Waals surface area contributed by atoms with Crippen molar-refractivity contribution >= 4 is 33.3 Å². The number of rotatable bonds is 6. The number of methoxy groups -OCH3 is 1. The molecule has 0 radical (unpaired) electrons. The topological polar surface area (TPSA) is 72.7 Å². The third kappa shape index (κ3) is 4.20. The Kier molecular flexibility index (Phi) is 5.75.